The Hall–Kier alpha value is -3.16. The van der Waals surface area contributed by atoms with Crippen molar-refractivity contribution < 1.29 is 18.0 Å². The Morgan fingerprint density at radius 2 is 1.82 bits per heavy atom. The van der Waals surface area contributed by atoms with Gasteiger partial charge in [0.2, 0.25) is 0 Å². The number of aromatic nitrogens is 3. The first kappa shape index (κ1) is 19.6. The molecular weight excluding hydrogens is 369 g/mol. The Morgan fingerprint density at radius 3 is 2.39 bits per heavy atom. The van der Waals surface area contributed by atoms with Gasteiger partial charge in [-0.3, -0.25) is 9.78 Å². The number of hydrogen-bond donors (Lipinski definition) is 0. The first-order valence-electron chi connectivity index (χ1n) is 8.65. The summed E-state index contributed by atoms with van der Waals surface area (Å²) in [5.74, 6) is -4.31. The van der Waals surface area contributed by atoms with Gasteiger partial charge in [0.05, 0.1) is 12.0 Å². The maximum atomic E-state index is 13.5. The van der Waals surface area contributed by atoms with Gasteiger partial charge in [-0.1, -0.05) is 0 Å². The molecule has 0 aliphatic carbocycles. The summed E-state index contributed by atoms with van der Waals surface area (Å²) in [5, 5.41) is 0. The number of benzene rings is 1. The second kappa shape index (κ2) is 7.84. The van der Waals surface area contributed by atoms with Gasteiger partial charge < -0.3 is 9.47 Å². The lowest BCUT2D eigenvalue weighted by Crippen LogP contribution is -2.36. The first-order valence-corrected chi connectivity index (χ1v) is 8.65. The van der Waals surface area contributed by atoms with Crippen LogP contribution in [0, 0.1) is 17.5 Å². The van der Waals surface area contributed by atoms with Crippen molar-refractivity contribution in [3.8, 4) is 11.3 Å². The number of hydrogen-bond acceptors (Lipinski definition) is 3. The van der Waals surface area contributed by atoms with Crippen LogP contribution in [0.25, 0.3) is 11.3 Å². The highest BCUT2D eigenvalue weighted by molar-refractivity contribution is 5.92. The third-order valence-electron chi connectivity index (χ3n) is 4.27. The molecule has 8 heteroatoms. The molecule has 2 heterocycles. The minimum Gasteiger partial charge on any atom is -0.340 e. The minimum atomic E-state index is -1.52. The van der Waals surface area contributed by atoms with Crippen LogP contribution in [0.15, 0.2) is 43.0 Å². The molecule has 3 rings (SSSR count). The molecule has 0 bridgehead atoms. The van der Waals surface area contributed by atoms with E-state index in [1.165, 1.54) is 6.20 Å². The molecule has 0 radical (unpaired) electrons. The fourth-order valence-electron chi connectivity index (χ4n) is 2.79. The van der Waals surface area contributed by atoms with Gasteiger partial charge in [-0.2, -0.15) is 0 Å². The Kier molecular flexibility index (Phi) is 5.48. The van der Waals surface area contributed by atoms with Crippen molar-refractivity contribution in [1.29, 1.82) is 0 Å². The lowest BCUT2D eigenvalue weighted by molar-refractivity contribution is 0.0684. The molecule has 1 aromatic carbocycles. The highest BCUT2D eigenvalue weighted by atomic mass is 19.2. The molecule has 28 heavy (non-hydrogen) atoms. The normalized spacial score (nSPS) is 11.1. The van der Waals surface area contributed by atoms with Gasteiger partial charge in [-0.15, -0.1) is 0 Å². The number of aryl methyl sites for hydroxylation is 1. The Labute approximate surface area is 160 Å². The smallest absolute Gasteiger partial charge is 0.274 e. The summed E-state index contributed by atoms with van der Waals surface area (Å²) < 4.78 is 42.0. The number of carbonyl (C=O) groups is 1. The molecule has 3 aromatic rings. The fraction of sp³-hybridized carbons (Fsp3) is 0.250. The number of pyridine rings is 1. The van der Waals surface area contributed by atoms with E-state index in [0.717, 1.165) is 12.1 Å². The maximum absolute atomic E-state index is 13.5. The van der Waals surface area contributed by atoms with Crippen LogP contribution >= 0.6 is 0 Å². The summed E-state index contributed by atoms with van der Waals surface area (Å²) in [4.78, 5) is 22.6. The van der Waals surface area contributed by atoms with Crippen molar-refractivity contribution in [3.05, 3.63) is 71.7 Å². The molecular formula is C20H19F3N4O. The van der Waals surface area contributed by atoms with E-state index in [2.05, 4.69) is 9.97 Å². The largest absolute Gasteiger partial charge is 0.340 e. The Bertz CT molecular complexity index is 993. The molecule has 146 valence electrons. The minimum absolute atomic E-state index is 0.105. The number of carbonyl (C=O) groups excluding carboxylic acids is 1. The number of halogens is 3. The summed E-state index contributed by atoms with van der Waals surface area (Å²) in [5.41, 5.74) is 1.44. The average molecular weight is 388 g/mol. The summed E-state index contributed by atoms with van der Waals surface area (Å²) in [7, 11) is 1.78. The van der Waals surface area contributed by atoms with E-state index in [9.17, 15) is 18.0 Å². The highest BCUT2D eigenvalue weighted by Crippen LogP contribution is 2.23. The first-order chi connectivity index (χ1) is 13.3. The number of imidazole rings is 1. The van der Waals surface area contributed by atoms with E-state index in [-0.39, 0.29) is 29.8 Å². The summed E-state index contributed by atoms with van der Waals surface area (Å²) in [6.45, 7) is 4.02. The average Bonchev–Trinajstić information content (AvgIpc) is 3.09. The van der Waals surface area contributed by atoms with Crippen LogP contribution in [0.2, 0.25) is 0 Å². The van der Waals surface area contributed by atoms with Crippen LogP contribution in [-0.4, -0.2) is 31.4 Å². The van der Waals surface area contributed by atoms with Gasteiger partial charge in [0.25, 0.3) is 5.91 Å². The molecule has 0 atom stereocenters. The molecule has 2 aromatic heterocycles. The lowest BCUT2D eigenvalue weighted by Gasteiger charge is -2.26. The van der Waals surface area contributed by atoms with Crippen molar-refractivity contribution in [3.63, 3.8) is 0 Å². The predicted octanol–water partition coefficient (Wildman–Crippen LogP) is 3.95. The van der Waals surface area contributed by atoms with E-state index in [4.69, 9.17) is 0 Å². The fourth-order valence-corrected chi connectivity index (χ4v) is 2.79. The second-order valence-electron chi connectivity index (χ2n) is 6.75. The summed E-state index contributed by atoms with van der Waals surface area (Å²) in [6, 6.07) is 5.01. The summed E-state index contributed by atoms with van der Waals surface area (Å²) >= 11 is 0. The molecule has 0 unspecified atom stereocenters. The SMILES string of the molecule is CC(C)N(Cc1ccnc(-c2cc(F)c(F)c(F)c2)c1)C(=O)c1cn(C)cn1. The van der Waals surface area contributed by atoms with Crippen molar-refractivity contribution in [2.45, 2.75) is 26.4 Å². The van der Waals surface area contributed by atoms with Gasteiger partial charge >= 0.3 is 0 Å². The topological polar surface area (TPSA) is 51.0 Å². The van der Waals surface area contributed by atoms with E-state index in [1.807, 2.05) is 13.8 Å². The molecule has 0 aliphatic heterocycles. The van der Waals surface area contributed by atoms with Gasteiger partial charge in [0, 0.05) is 37.6 Å². The van der Waals surface area contributed by atoms with Crippen LogP contribution in [0.3, 0.4) is 0 Å². The van der Waals surface area contributed by atoms with Crippen LogP contribution in [0.5, 0.6) is 0 Å². The third-order valence-corrected chi connectivity index (χ3v) is 4.27. The maximum Gasteiger partial charge on any atom is 0.274 e. The van der Waals surface area contributed by atoms with Crippen LogP contribution in [0.4, 0.5) is 13.2 Å². The van der Waals surface area contributed by atoms with Crippen molar-refractivity contribution in [1.82, 2.24) is 19.4 Å². The van der Waals surface area contributed by atoms with Crippen LogP contribution in [0.1, 0.15) is 29.9 Å². The zero-order valence-corrected chi connectivity index (χ0v) is 15.7. The molecule has 0 fully saturated rings. The Balaban J connectivity index is 1.89. The van der Waals surface area contributed by atoms with Crippen molar-refractivity contribution in [2.24, 2.45) is 7.05 Å². The van der Waals surface area contributed by atoms with E-state index in [1.54, 1.807) is 41.2 Å². The Morgan fingerprint density at radius 1 is 1.14 bits per heavy atom. The molecule has 5 nitrogen and oxygen atoms in total. The van der Waals surface area contributed by atoms with Crippen molar-refractivity contribution >= 4 is 5.91 Å². The standard InChI is InChI=1S/C20H19F3N4O/c1-12(2)27(20(28)18-10-26(3)11-25-18)9-13-4-5-24-17(6-13)14-7-15(21)19(23)16(22)8-14/h4-8,10-12H,9H2,1-3H3. The molecule has 0 saturated carbocycles. The monoisotopic (exact) mass is 388 g/mol. The highest BCUT2D eigenvalue weighted by Gasteiger charge is 2.21. The van der Waals surface area contributed by atoms with Crippen molar-refractivity contribution in [2.75, 3.05) is 0 Å². The molecule has 0 spiro atoms. The van der Waals surface area contributed by atoms with E-state index in [0.29, 0.717) is 11.3 Å². The molecule has 0 saturated heterocycles. The predicted molar refractivity (Wildman–Crippen MR) is 97.8 cm³/mol. The van der Waals surface area contributed by atoms with Crippen LogP contribution in [-0.2, 0) is 13.6 Å². The zero-order chi connectivity index (χ0) is 20.4. The molecule has 0 aliphatic rings. The van der Waals surface area contributed by atoms with Crippen LogP contribution < -0.4 is 0 Å². The molecule has 1 amide bonds. The zero-order valence-electron chi connectivity index (χ0n) is 15.7. The quantitative estimate of drug-likeness (QED) is 0.622. The number of nitrogens with zero attached hydrogens (tertiary/aromatic N) is 4. The third kappa shape index (κ3) is 4.05. The number of rotatable bonds is 5. The lowest BCUT2D eigenvalue weighted by atomic mass is 10.1. The number of amides is 1. The van der Waals surface area contributed by atoms with Gasteiger partial charge in [0.15, 0.2) is 17.5 Å². The van der Waals surface area contributed by atoms with E-state index < -0.39 is 17.5 Å². The van der Waals surface area contributed by atoms with Gasteiger partial charge in [-0.25, -0.2) is 18.2 Å². The summed E-state index contributed by atoms with van der Waals surface area (Å²) in [6.07, 6.45) is 4.67. The molecule has 0 N–H and O–H groups in total. The van der Waals surface area contributed by atoms with Gasteiger partial charge in [-0.05, 0) is 43.7 Å². The second-order valence-corrected chi connectivity index (χ2v) is 6.75. The van der Waals surface area contributed by atoms with Gasteiger partial charge in [0.1, 0.15) is 5.69 Å². The van der Waals surface area contributed by atoms with E-state index >= 15 is 0 Å².